The predicted octanol–water partition coefficient (Wildman–Crippen LogP) is 0.336. The lowest BCUT2D eigenvalue weighted by Gasteiger charge is -2.04. The second-order valence-electron chi connectivity index (χ2n) is 1.02. The van der Waals surface area contributed by atoms with E-state index in [1.54, 1.807) is 6.92 Å². The van der Waals surface area contributed by atoms with E-state index in [1.165, 1.54) is 0 Å². The average molecular weight is 159 g/mol. The van der Waals surface area contributed by atoms with Crippen molar-refractivity contribution in [3.05, 3.63) is 0 Å². The number of aliphatic hydroxyl groups is 1. The van der Waals surface area contributed by atoms with Crippen molar-refractivity contribution < 1.29 is 5.11 Å². The zero-order valence-corrected chi connectivity index (χ0v) is 4.92. The summed E-state index contributed by atoms with van der Waals surface area (Å²) < 4.78 is -1.51. The molecule has 0 saturated carbocycles. The summed E-state index contributed by atoms with van der Waals surface area (Å²) in [5.74, 6) is 0. The van der Waals surface area contributed by atoms with Gasteiger partial charge in [0.25, 0.3) is 0 Å². The van der Waals surface area contributed by atoms with Crippen molar-refractivity contribution in [1.29, 1.82) is 0 Å². The van der Waals surface area contributed by atoms with Gasteiger partial charge in [-0.25, -0.2) is 0 Å². The van der Waals surface area contributed by atoms with Gasteiger partial charge >= 0.3 is 0 Å². The van der Waals surface area contributed by atoms with Gasteiger partial charge in [-0.15, -0.1) is 0 Å². The van der Waals surface area contributed by atoms with E-state index < -0.39 is 4.52 Å². The Balaban J connectivity index is 0. The van der Waals surface area contributed by atoms with Crippen LogP contribution in [0.5, 0.6) is 0 Å². The van der Waals surface area contributed by atoms with E-state index >= 15 is 0 Å². The fourth-order valence-electron chi connectivity index (χ4n) is 0. The number of hydrogen-bond donors (Lipinski definition) is 1. The van der Waals surface area contributed by atoms with Crippen LogP contribution in [0.2, 0.25) is 0 Å². The lowest BCUT2D eigenvalue weighted by molar-refractivity contribution is 0.210. The smallest absolute Gasteiger partial charge is 0.214 e. The Hall–Kier alpha value is 1.07. The lowest BCUT2D eigenvalue weighted by Crippen LogP contribution is -2.06. The molecule has 4 heteroatoms. The van der Waals surface area contributed by atoms with Crippen LogP contribution in [0.15, 0.2) is 0 Å². The molecule has 0 aromatic heterocycles. The molecule has 7 heavy (non-hydrogen) atoms. The van der Waals surface area contributed by atoms with E-state index in [-0.39, 0.29) is 17.4 Å². The van der Waals surface area contributed by atoms with E-state index in [9.17, 15) is 0 Å². The van der Waals surface area contributed by atoms with Crippen LogP contribution in [0.4, 0.5) is 0 Å². The summed E-state index contributed by atoms with van der Waals surface area (Å²) >= 11 is 10.1. The van der Waals surface area contributed by atoms with Gasteiger partial charge in [0.05, 0.1) is 0 Å². The number of rotatable bonds is 1. The molecule has 0 atom stereocenters. The van der Waals surface area contributed by atoms with Crippen LogP contribution in [0.1, 0.15) is 13.3 Å². The van der Waals surface area contributed by atoms with E-state index in [0.29, 0.717) is 6.42 Å². The van der Waals surface area contributed by atoms with Gasteiger partial charge in [0, 0.05) is 6.42 Å². The van der Waals surface area contributed by atoms with Gasteiger partial charge in [0.2, 0.25) is 4.52 Å². The fraction of sp³-hybridized carbons (Fsp3) is 1.00. The minimum absolute atomic E-state index is 0. The Morgan fingerprint density at radius 3 is 1.71 bits per heavy atom. The van der Waals surface area contributed by atoms with Crippen LogP contribution in [0.25, 0.3) is 0 Å². The zero-order chi connectivity index (χ0) is 5.21. The van der Waals surface area contributed by atoms with E-state index in [2.05, 4.69) is 0 Å². The first-order chi connectivity index (χ1) is 2.56. The maximum absolute atomic E-state index is 8.36. The minimum Gasteiger partial charge on any atom is -0.363 e. The summed E-state index contributed by atoms with van der Waals surface area (Å²) in [4.78, 5) is 0. The summed E-state index contributed by atoms with van der Waals surface area (Å²) in [6.45, 7) is 1.69. The maximum Gasteiger partial charge on any atom is 0.214 e. The molecule has 44 valence electrons. The second kappa shape index (κ2) is 4.00. The first kappa shape index (κ1) is 11.0. The maximum atomic E-state index is 8.36. The molecule has 0 saturated heterocycles. The molecule has 1 N–H and O–H groups in total. The van der Waals surface area contributed by atoms with Gasteiger partial charge in [0.1, 0.15) is 0 Å². The monoisotopic (exact) mass is 158 g/mol. The fourth-order valence-corrected chi connectivity index (χ4v) is 0. The SMILES string of the molecule is CCC(O)(Cl)Cl.[AlH3]. The van der Waals surface area contributed by atoms with E-state index in [4.69, 9.17) is 28.3 Å². The molecule has 0 bridgehead atoms. The van der Waals surface area contributed by atoms with Crippen molar-refractivity contribution in [2.24, 2.45) is 0 Å². The highest BCUT2D eigenvalue weighted by Crippen LogP contribution is 2.19. The van der Waals surface area contributed by atoms with Crippen molar-refractivity contribution in [3.8, 4) is 0 Å². The molecule has 0 fully saturated rings. The van der Waals surface area contributed by atoms with Crippen molar-refractivity contribution in [3.63, 3.8) is 0 Å². The molecule has 0 aliphatic carbocycles. The largest absolute Gasteiger partial charge is 0.363 e. The van der Waals surface area contributed by atoms with Crippen molar-refractivity contribution in [1.82, 2.24) is 0 Å². The summed E-state index contributed by atoms with van der Waals surface area (Å²) in [6.07, 6.45) is 0.357. The van der Waals surface area contributed by atoms with Crippen LogP contribution in [0, 0.1) is 0 Å². The first-order valence-electron chi connectivity index (χ1n) is 1.66. The number of alkyl halides is 2. The topological polar surface area (TPSA) is 20.2 Å². The predicted molar refractivity (Wildman–Crippen MR) is 36.9 cm³/mol. The van der Waals surface area contributed by atoms with Gasteiger partial charge in [-0.05, 0) is 0 Å². The Morgan fingerprint density at radius 1 is 1.57 bits per heavy atom. The van der Waals surface area contributed by atoms with E-state index in [0.717, 1.165) is 0 Å². The van der Waals surface area contributed by atoms with Crippen LogP contribution >= 0.6 is 23.2 Å². The molecule has 0 aliphatic rings. The first-order valence-corrected chi connectivity index (χ1v) is 2.42. The van der Waals surface area contributed by atoms with Crippen molar-refractivity contribution in [2.45, 2.75) is 17.9 Å². The second-order valence-corrected chi connectivity index (χ2v) is 2.46. The zero-order valence-electron chi connectivity index (χ0n) is 3.41. The Labute approximate surface area is 63.7 Å². The molecule has 0 unspecified atom stereocenters. The molecular weight excluding hydrogens is 150 g/mol. The normalized spacial score (nSPS) is 10.3. The third kappa shape index (κ3) is 11.0. The molecule has 0 aliphatic heterocycles. The quantitative estimate of drug-likeness (QED) is 0.432. The third-order valence-corrected chi connectivity index (χ3v) is 0.960. The van der Waals surface area contributed by atoms with Crippen molar-refractivity contribution in [2.75, 3.05) is 0 Å². The highest BCUT2D eigenvalue weighted by atomic mass is 35.5. The molecule has 0 aromatic carbocycles. The molecule has 0 spiro atoms. The van der Waals surface area contributed by atoms with Crippen LogP contribution in [-0.2, 0) is 0 Å². The highest BCUT2D eigenvalue weighted by Gasteiger charge is 2.13. The van der Waals surface area contributed by atoms with Crippen LogP contribution in [0.3, 0.4) is 0 Å². The van der Waals surface area contributed by atoms with E-state index in [1.807, 2.05) is 0 Å². The molecule has 0 rings (SSSR count). The van der Waals surface area contributed by atoms with Gasteiger partial charge in [-0.1, -0.05) is 30.1 Å². The minimum atomic E-state index is -1.51. The Bertz CT molecular complexity index is 42.7. The Kier molecular flexibility index (Phi) is 6.26. The molecule has 0 radical (unpaired) electrons. The van der Waals surface area contributed by atoms with Gasteiger partial charge in [-0.2, -0.15) is 0 Å². The molecule has 0 amide bonds. The molecule has 0 aromatic rings. The van der Waals surface area contributed by atoms with Crippen molar-refractivity contribution >= 4 is 40.6 Å². The van der Waals surface area contributed by atoms with Gasteiger partial charge in [-0.3, -0.25) is 0 Å². The number of hydrogen-bond acceptors (Lipinski definition) is 1. The lowest BCUT2D eigenvalue weighted by atomic mass is 10.5. The standard InChI is InChI=1S/C3H6Cl2O.Al.3H/c1-2-3(4,5)6;;;;/h6H,2H2,1H3;;;;. The molecule has 0 heterocycles. The highest BCUT2D eigenvalue weighted by molar-refractivity contribution is 6.46. The van der Waals surface area contributed by atoms with Crippen LogP contribution in [-0.4, -0.2) is 27.0 Å². The summed E-state index contributed by atoms with van der Waals surface area (Å²) in [6, 6.07) is 0. The molecular formula is C3H9AlCl2O. The summed E-state index contributed by atoms with van der Waals surface area (Å²) in [5.41, 5.74) is 0. The summed E-state index contributed by atoms with van der Waals surface area (Å²) in [5, 5.41) is 8.36. The Morgan fingerprint density at radius 2 is 1.71 bits per heavy atom. The summed E-state index contributed by atoms with van der Waals surface area (Å²) in [7, 11) is 0. The van der Waals surface area contributed by atoms with Crippen LogP contribution < -0.4 is 0 Å². The molecule has 1 nitrogen and oxygen atoms in total. The number of halogens is 2. The average Bonchev–Trinajstić information content (AvgIpc) is 1.35. The van der Waals surface area contributed by atoms with Gasteiger partial charge < -0.3 is 5.11 Å². The third-order valence-electron chi connectivity index (χ3n) is 0.425. The van der Waals surface area contributed by atoms with Gasteiger partial charge in [0.15, 0.2) is 17.4 Å².